The zero-order valence-electron chi connectivity index (χ0n) is 13.8. The Hall–Kier alpha value is -3.35. The summed E-state index contributed by atoms with van der Waals surface area (Å²) < 4.78 is 52.4. The van der Waals surface area contributed by atoms with Crippen molar-refractivity contribution in [3.05, 3.63) is 78.2 Å². The largest absolute Gasteiger partial charge is 0.416 e. The summed E-state index contributed by atoms with van der Waals surface area (Å²) in [5.74, 6) is -0.552. The van der Waals surface area contributed by atoms with Crippen LogP contribution in [0.4, 0.5) is 29.1 Å². The minimum atomic E-state index is -4.55. The van der Waals surface area contributed by atoms with Crippen LogP contribution < -0.4 is 5.32 Å². The van der Waals surface area contributed by atoms with E-state index in [-0.39, 0.29) is 11.5 Å². The van der Waals surface area contributed by atoms with E-state index in [1.54, 1.807) is 12.3 Å². The quantitative estimate of drug-likeness (QED) is 0.425. The van der Waals surface area contributed by atoms with Crippen LogP contribution in [0.5, 0.6) is 0 Å². The molecule has 7 heteroatoms. The minimum absolute atomic E-state index is 0.238. The van der Waals surface area contributed by atoms with Crippen molar-refractivity contribution in [2.75, 3.05) is 5.32 Å². The van der Waals surface area contributed by atoms with Gasteiger partial charge in [-0.05, 0) is 29.8 Å². The van der Waals surface area contributed by atoms with Gasteiger partial charge in [-0.3, -0.25) is 0 Å². The number of nitrogens with one attached hydrogen (secondary N) is 2. The van der Waals surface area contributed by atoms with Crippen LogP contribution in [0.3, 0.4) is 0 Å². The minimum Gasteiger partial charge on any atom is -0.354 e. The Morgan fingerprint density at radius 1 is 0.926 bits per heavy atom. The number of halogens is 4. The molecule has 2 heterocycles. The SMILES string of the molecule is Fc1ccc(C(F)(F)F)cc1Nc1cc2[nH]c(-c3ccccc3)cc2cn1. The average Bonchev–Trinajstić information content (AvgIpc) is 3.07. The first kappa shape index (κ1) is 17.1. The molecule has 0 bridgehead atoms. The molecule has 0 aliphatic carbocycles. The van der Waals surface area contributed by atoms with Gasteiger partial charge in [0.1, 0.15) is 11.6 Å². The van der Waals surface area contributed by atoms with E-state index >= 15 is 0 Å². The molecule has 0 aliphatic rings. The molecule has 27 heavy (non-hydrogen) atoms. The topological polar surface area (TPSA) is 40.7 Å². The highest BCUT2D eigenvalue weighted by atomic mass is 19.4. The molecular formula is C20H13F4N3. The molecule has 0 radical (unpaired) electrons. The van der Waals surface area contributed by atoms with Gasteiger partial charge in [0.15, 0.2) is 0 Å². The third-order valence-electron chi connectivity index (χ3n) is 4.15. The van der Waals surface area contributed by atoms with Crippen molar-refractivity contribution < 1.29 is 17.6 Å². The summed E-state index contributed by atoms with van der Waals surface area (Å²) in [6, 6.07) is 15.4. The van der Waals surface area contributed by atoms with Crippen molar-refractivity contribution in [3.63, 3.8) is 0 Å². The average molecular weight is 371 g/mol. The number of H-pyrrole nitrogens is 1. The van der Waals surface area contributed by atoms with Gasteiger partial charge in [0.2, 0.25) is 0 Å². The zero-order valence-corrected chi connectivity index (χ0v) is 13.8. The highest BCUT2D eigenvalue weighted by Crippen LogP contribution is 2.33. The number of nitrogens with zero attached hydrogens (tertiary/aromatic N) is 1. The lowest BCUT2D eigenvalue weighted by molar-refractivity contribution is -0.137. The summed E-state index contributed by atoms with van der Waals surface area (Å²) in [6.45, 7) is 0. The number of alkyl halides is 3. The Kier molecular flexibility index (Phi) is 4.07. The third kappa shape index (κ3) is 3.48. The van der Waals surface area contributed by atoms with Gasteiger partial charge in [-0.1, -0.05) is 30.3 Å². The van der Waals surface area contributed by atoms with Gasteiger partial charge in [0, 0.05) is 23.3 Å². The van der Waals surface area contributed by atoms with Crippen molar-refractivity contribution in [2.45, 2.75) is 6.18 Å². The molecule has 2 N–H and O–H groups in total. The molecule has 136 valence electrons. The lowest BCUT2D eigenvalue weighted by atomic mass is 10.1. The molecule has 2 aromatic carbocycles. The zero-order chi connectivity index (χ0) is 19.0. The van der Waals surface area contributed by atoms with Gasteiger partial charge in [-0.2, -0.15) is 13.2 Å². The van der Waals surface area contributed by atoms with E-state index in [0.717, 1.165) is 34.3 Å². The summed E-state index contributed by atoms with van der Waals surface area (Å²) in [4.78, 5) is 7.40. The molecule has 0 amide bonds. The van der Waals surface area contributed by atoms with Crippen molar-refractivity contribution >= 4 is 22.4 Å². The predicted molar refractivity (Wildman–Crippen MR) is 96.2 cm³/mol. The number of anilines is 2. The van der Waals surface area contributed by atoms with E-state index in [0.29, 0.717) is 6.07 Å². The van der Waals surface area contributed by atoms with E-state index in [4.69, 9.17) is 0 Å². The number of hydrogen-bond donors (Lipinski definition) is 2. The van der Waals surface area contributed by atoms with E-state index in [2.05, 4.69) is 15.3 Å². The number of hydrogen-bond acceptors (Lipinski definition) is 2. The number of aromatic nitrogens is 2. The van der Waals surface area contributed by atoms with E-state index in [1.165, 1.54) is 0 Å². The van der Waals surface area contributed by atoms with E-state index < -0.39 is 17.6 Å². The van der Waals surface area contributed by atoms with Gasteiger partial charge in [-0.25, -0.2) is 9.37 Å². The number of aromatic amines is 1. The first-order valence-corrected chi connectivity index (χ1v) is 8.08. The smallest absolute Gasteiger partial charge is 0.354 e. The normalized spacial score (nSPS) is 11.7. The number of benzene rings is 2. The highest BCUT2D eigenvalue weighted by Gasteiger charge is 2.31. The maximum absolute atomic E-state index is 13.9. The van der Waals surface area contributed by atoms with Crippen molar-refractivity contribution in [1.29, 1.82) is 0 Å². The summed E-state index contributed by atoms with van der Waals surface area (Å²) in [5, 5.41) is 3.46. The maximum atomic E-state index is 13.9. The van der Waals surface area contributed by atoms with E-state index in [9.17, 15) is 17.6 Å². The monoisotopic (exact) mass is 371 g/mol. The molecule has 0 atom stereocenters. The van der Waals surface area contributed by atoms with Crippen LogP contribution in [-0.4, -0.2) is 9.97 Å². The second-order valence-corrected chi connectivity index (χ2v) is 6.02. The van der Waals surface area contributed by atoms with Gasteiger partial charge in [0.05, 0.1) is 16.8 Å². The van der Waals surface area contributed by atoms with Crippen LogP contribution in [-0.2, 0) is 6.18 Å². The summed E-state index contributed by atoms with van der Waals surface area (Å²) >= 11 is 0. The molecule has 4 aromatic rings. The fourth-order valence-electron chi connectivity index (χ4n) is 2.80. The summed E-state index contributed by atoms with van der Waals surface area (Å²) in [5.41, 5.74) is 1.39. The molecule has 0 spiro atoms. The molecule has 3 nitrogen and oxygen atoms in total. The molecule has 0 fully saturated rings. The molecule has 2 aromatic heterocycles. The number of rotatable bonds is 3. The van der Waals surface area contributed by atoms with Crippen LogP contribution in [0.15, 0.2) is 66.9 Å². The van der Waals surface area contributed by atoms with Crippen molar-refractivity contribution in [2.24, 2.45) is 0 Å². The maximum Gasteiger partial charge on any atom is 0.416 e. The molecule has 0 saturated carbocycles. The Labute approximate surface area is 151 Å². The standard InChI is InChI=1S/C20H13F4N3/c21-15-7-6-14(20(22,23)24)9-18(15)27-19-10-17-13(11-25-19)8-16(26-17)12-4-2-1-3-5-12/h1-11,26H,(H,25,27). The lowest BCUT2D eigenvalue weighted by Crippen LogP contribution is -2.06. The van der Waals surface area contributed by atoms with Gasteiger partial charge in [-0.15, -0.1) is 0 Å². The molecule has 0 unspecified atom stereocenters. The predicted octanol–water partition coefficient (Wildman–Crippen LogP) is 6.13. The van der Waals surface area contributed by atoms with Crippen molar-refractivity contribution in [3.8, 4) is 11.3 Å². The van der Waals surface area contributed by atoms with Crippen LogP contribution in [0, 0.1) is 5.82 Å². The van der Waals surface area contributed by atoms with Gasteiger partial charge < -0.3 is 10.3 Å². The van der Waals surface area contributed by atoms with Gasteiger partial charge in [0.25, 0.3) is 0 Å². The fourth-order valence-corrected chi connectivity index (χ4v) is 2.80. The van der Waals surface area contributed by atoms with Crippen molar-refractivity contribution in [1.82, 2.24) is 9.97 Å². The van der Waals surface area contributed by atoms with Gasteiger partial charge >= 0.3 is 6.18 Å². The lowest BCUT2D eigenvalue weighted by Gasteiger charge is -2.11. The highest BCUT2D eigenvalue weighted by molar-refractivity contribution is 5.87. The molecular weight excluding hydrogens is 358 g/mol. The van der Waals surface area contributed by atoms with Crippen LogP contribution in [0.1, 0.15) is 5.56 Å². The fraction of sp³-hybridized carbons (Fsp3) is 0.0500. The van der Waals surface area contributed by atoms with E-state index in [1.807, 2.05) is 36.4 Å². The molecule has 0 saturated heterocycles. The Morgan fingerprint density at radius 2 is 1.70 bits per heavy atom. The molecule has 4 rings (SSSR count). The first-order chi connectivity index (χ1) is 12.9. The number of pyridine rings is 1. The first-order valence-electron chi connectivity index (χ1n) is 8.08. The summed E-state index contributed by atoms with van der Waals surface area (Å²) in [7, 11) is 0. The van der Waals surface area contributed by atoms with Crippen LogP contribution in [0.25, 0.3) is 22.2 Å². The summed E-state index contributed by atoms with van der Waals surface area (Å²) in [6.07, 6.45) is -2.97. The number of fused-ring (bicyclic) bond motifs is 1. The van der Waals surface area contributed by atoms with Crippen LogP contribution >= 0.6 is 0 Å². The Morgan fingerprint density at radius 3 is 2.44 bits per heavy atom. The second-order valence-electron chi connectivity index (χ2n) is 6.02. The third-order valence-corrected chi connectivity index (χ3v) is 4.15. The molecule has 0 aliphatic heterocycles. The Bertz CT molecular complexity index is 1100. The second kappa shape index (κ2) is 6.42. The Balaban J connectivity index is 1.67. The van der Waals surface area contributed by atoms with Crippen LogP contribution in [0.2, 0.25) is 0 Å².